The fraction of sp³-hybridized carbons (Fsp3) is 0.759. The second kappa shape index (κ2) is 26.8. The Balaban J connectivity index is 0.000000560. The van der Waals surface area contributed by atoms with Gasteiger partial charge in [-0.3, -0.25) is 0 Å². The van der Waals surface area contributed by atoms with Crippen LogP contribution in [0.25, 0.3) is 0 Å². The van der Waals surface area contributed by atoms with E-state index >= 15 is 0 Å². The van der Waals surface area contributed by atoms with E-state index in [-0.39, 0.29) is 32.7 Å². The number of aryl methyl sites for hydroxylation is 5. The molecule has 0 aromatic heterocycles. The van der Waals surface area contributed by atoms with Crippen LogP contribution < -0.4 is 0 Å². The minimum Gasteiger partial charge on any atom is -0.329 e. The zero-order valence-corrected chi connectivity index (χ0v) is 43.8. The molecule has 323 valence electrons. The molecule has 0 amide bonds. The summed E-state index contributed by atoms with van der Waals surface area (Å²) in [7, 11) is 0. The van der Waals surface area contributed by atoms with Gasteiger partial charge in [0.2, 0.25) is 0 Å². The number of hydrogen-bond donors (Lipinski definition) is 0. The van der Waals surface area contributed by atoms with E-state index in [9.17, 15) is 0 Å². The van der Waals surface area contributed by atoms with Crippen molar-refractivity contribution in [2.45, 2.75) is 244 Å². The molecule has 0 spiro atoms. The molecule has 57 heavy (non-hydrogen) atoms. The number of benzene rings is 2. The molecule has 2 aromatic rings. The smallest absolute Gasteiger partial charge is 0.0467 e. The van der Waals surface area contributed by atoms with Crippen LogP contribution in [0.2, 0.25) is 5.02 Å². The summed E-state index contributed by atoms with van der Waals surface area (Å²) in [5.41, 5.74) is 12.2. The van der Waals surface area contributed by atoms with Crippen molar-refractivity contribution >= 4 is 24.0 Å². The maximum atomic E-state index is 6.51. The maximum Gasteiger partial charge on any atom is 0.0467 e. The Labute approximate surface area is 386 Å². The number of nitrogens with zero attached hydrogens (tertiary/aromatic N) is 1. The van der Waals surface area contributed by atoms with Gasteiger partial charge >= 0.3 is 0 Å². The predicted molar refractivity (Wildman–Crippen MR) is 254 cm³/mol. The number of unbranched alkanes of at least 4 members (excludes halogenated alkanes) is 5. The fourth-order valence-corrected chi connectivity index (χ4v) is 9.25. The largest absolute Gasteiger partial charge is 0.329 e. The molecule has 0 fully saturated rings. The molecule has 0 heterocycles. The van der Waals surface area contributed by atoms with Crippen molar-refractivity contribution in [1.82, 2.24) is 0 Å². The summed E-state index contributed by atoms with van der Waals surface area (Å²) in [6.07, 6.45) is 32.0. The van der Waals surface area contributed by atoms with Gasteiger partial charge < -0.3 is 4.99 Å². The summed E-state index contributed by atoms with van der Waals surface area (Å²) in [5, 5.41) is 0.957. The third kappa shape index (κ3) is 21.7. The first-order valence-corrected chi connectivity index (χ1v) is 23.9. The average Bonchev–Trinajstić information content (AvgIpc) is 3.12. The number of fused-ring (bicyclic) bond motifs is 1. The van der Waals surface area contributed by atoms with Crippen molar-refractivity contribution in [3.63, 3.8) is 0 Å². The van der Waals surface area contributed by atoms with Gasteiger partial charge in [0.05, 0.1) is 0 Å². The Morgan fingerprint density at radius 1 is 0.667 bits per heavy atom. The Morgan fingerprint density at radius 2 is 1.21 bits per heavy atom. The molecule has 0 aliphatic heterocycles. The number of rotatable bonds is 14. The normalized spacial score (nSPS) is 17.0. The molecular formula is C54H91ClNY-. The molecule has 1 aliphatic rings. The van der Waals surface area contributed by atoms with Gasteiger partial charge in [-0.1, -0.05) is 183 Å². The molecule has 0 N–H and O–H groups in total. The molecule has 1 aliphatic carbocycles. The van der Waals surface area contributed by atoms with Crippen LogP contribution in [0.3, 0.4) is 0 Å². The number of aliphatic imine (C=N–C) groups is 1. The van der Waals surface area contributed by atoms with Crippen LogP contribution in [0.4, 0.5) is 5.69 Å². The number of hydrogen-bond acceptors (Lipinski definition) is 1. The maximum absolute atomic E-state index is 6.51. The summed E-state index contributed by atoms with van der Waals surface area (Å²) in [5.74, 6) is 0. The van der Waals surface area contributed by atoms with E-state index in [0.29, 0.717) is 21.7 Å². The number of halogens is 1. The molecule has 2 aromatic carbocycles. The van der Waals surface area contributed by atoms with E-state index in [4.69, 9.17) is 11.6 Å². The molecule has 0 saturated heterocycles. The second-order valence-electron chi connectivity index (χ2n) is 21.5. The van der Waals surface area contributed by atoms with Crippen molar-refractivity contribution < 1.29 is 32.7 Å². The monoisotopic (exact) mass is 878 g/mol. The van der Waals surface area contributed by atoms with Crippen molar-refractivity contribution in [1.29, 1.82) is 0 Å². The Bertz CT molecular complexity index is 1450. The molecule has 1 nitrogen and oxygen atoms in total. The summed E-state index contributed by atoms with van der Waals surface area (Å²) in [6, 6.07) is 8.22. The molecule has 0 saturated carbocycles. The van der Waals surface area contributed by atoms with Gasteiger partial charge in [-0.05, 0) is 135 Å². The Morgan fingerprint density at radius 3 is 1.84 bits per heavy atom. The predicted octanol–water partition coefficient (Wildman–Crippen LogP) is 18.3. The first-order valence-electron chi connectivity index (χ1n) is 23.5. The van der Waals surface area contributed by atoms with Crippen LogP contribution in [0.1, 0.15) is 236 Å². The molecule has 1 radical (unpaired) electrons. The van der Waals surface area contributed by atoms with E-state index in [1.165, 1.54) is 175 Å². The van der Waals surface area contributed by atoms with E-state index in [1.807, 2.05) is 0 Å². The topological polar surface area (TPSA) is 12.4 Å². The summed E-state index contributed by atoms with van der Waals surface area (Å²) in [4.78, 5) is 4.23. The van der Waals surface area contributed by atoms with Crippen LogP contribution >= 0.6 is 11.6 Å². The van der Waals surface area contributed by atoms with E-state index in [0.717, 1.165) is 29.1 Å². The second-order valence-corrected chi connectivity index (χ2v) is 21.9. The van der Waals surface area contributed by atoms with Crippen molar-refractivity contribution in [3.05, 3.63) is 62.2 Å². The first kappa shape index (κ1) is 54.5. The zero-order chi connectivity index (χ0) is 42.0. The van der Waals surface area contributed by atoms with Gasteiger partial charge in [0.15, 0.2) is 0 Å². The molecule has 0 unspecified atom stereocenters. The molecule has 0 bridgehead atoms. The van der Waals surface area contributed by atoms with Gasteiger partial charge in [0.1, 0.15) is 0 Å². The van der Waals surface area contributed by atoms with Crippen LogP contribution in [-0.4, -0.2) is 6.72 Å². The molecule has 0 atom stereocenters. The van der Waals surface area contributed by atoms with E-state index in [2.05, 4.69) is 120 Å². The van der Waals surface area contributed by atoms with E-state index in [1.54, 1.807) is 0 Å². The summed E-state index contributed by atoms with van der Waals surface area (Å²) >= 11 is 6.51. The van der Waals surface area contributed by atoms with E-state index < -0.39 is 0 Å². The summed E-state index contributed by atoms with van der Waals surface area (Å²) in [6.45, 7) is 34.4. The molecule has 3 rings (SSSR count). The van der Waals surface area contributed by atoms with Gasteiger partial charge in [-0.2, -0.15) is 17.2 Å². The van der Waals surface area contributed by atoms with Gasteiger partial charge in [0.25, 0.3) is 0 Å². The van der Waals surface area contributed by atoms with Crippen LogP contribution in [0, 0.1) is 55.4 Å². The van der Waals surface area contributed by atoms with Crippen molar-refractivity contribution in [2.75, 3.05) is 0 Å². The van der Waals surface area contributed by atoms with Crippen LogP contribution in [0.5, 0.6) is 0 Å². The Kier molecular flexibility index (Phi) is 25.6. The minimum atomic E-state index is 0. The third-order valence-electron chi connectivity index (χ3n) is 13.7. The molecule has 3 heteroatoms. The average molecular weight is 879 g/mol. The molecular weight excluding hydrogens is 787 g/mol. The minimum absolute atomic E-state index is 0. The van der Waals surface area contributed by atoms with Crippen molar-refractivity contribution in [2.24, 2.45) is 26.7 Å². The summed E-state index contributed by atoms with van der Waals surface area (Å²) < 4.78 is 0. The third-order valence-corrected chi connectivity index (χ3v) is 14.3. The van der Waals surface area contributed by atoms with Gasteiger partial charge in [-0.25, -0.2) is 0 Å². The SMILES string of the molecule is C=Nc1cc2c([c-]c1C)CCC(C)(C)CCCC(C)(C)CCCCCCCC2.CCCCCCCCC(C)(C)CCC(C)(C)CCc1c(C)cc(C)c(Cl)c1C.[Y]. The zero-order valence-electron chi connectivity index (χ0n) is 40.2. The standard InChI is InChI=1S/C27H47Cl.C27H44N.Y/c1-9-10-11-12-13-14-16-26(5,6)18-19-27(7,8)17-15-24-21(2)20-22(3)25(28)23(24)4;1-22-20-24-15-19-27(4,5)18-13-17-26(2,3)16-12-10-8-7-9-11-14-23(24)21-25(22)28-6;/h20H,9-19H2,1-8H3;21H,6-19H2,1-5H3;/q;-1;. The van der Waals surface area contributed by atoms with Gasteiger partial charge in [-0.15, -0.1) is 11.6 Å². The van der Waals surface area contributed by atoms with Crippen LogP contribution in [0.15, 0.2) is 17.1 Å². The quantitative estimate of drug-likeness (QED) is 0.102. The first-order chi connectivity index (χ1) is 26.2. The fourth-order valence-electron chi connectivity index (χ4n) is 9.08. The van der Waals surface area contributed by atoms with Gasteiger partial charge in [0, 0.05) is 37.7 Å². The Hall–Kier alpha value is -0.496. The van der Waals surface area contributed by atoms with Crippen LogP contribution in [-0.2, 0) is 52.0 Å². The van der Waals surface area contributed by atoms with Crippen molar-refractivity contribution in [3.8, 4) is 0 Å².